The van der Waals surface area contributed by atoms with Gasteiger partial charge in [-0.2, -0.15) is 0 Å². The Morgan fingerprint density at radius 3 is 2.22 bits per heavy atom. The van der Waals surface area contributed by atoms with E-state index < -0.39 is 0 Å². The van der Waals surface area contributed by atoms with E-state index in [1.807, 2.05) is 18.2 Å². The third kappa shape index (κ3) is 3.07. The molecule has 0 spiro atoms. The third-order valence-electron chi connectivity index (χ3n) is 3.11. The molecule has 3 heteroatoms. The van der Waals surface area contributed by atoms with Crippen LogP contribution in [0.2, 0.25) is 0 Å². The Hall–Kier alpha value is -1.42. The van der Waals surface area contributed by atoms with Crippen LogP contribution in [0.3, 0.4) is 0 Å². The van der Waals surface area contributed by atoms with Crippen LogP contribution in [0.5, 0.6) is 0 Å². The lowest BCUT2D eigenvalue weighted by Crippen LogP contribution is -2.29. The van der Waals surface area contributed by atoms with Crippen LogP contribution in [0.25, 0.3) is 10.8 Å². The van der Waals surface area contributed by atoms with Crippen molar-refractivity contribution in [2.24, 2.45) is 0 Å². The summed E-state index contributed by atoms with van der Waals surface area (Å²) >= 11 is 0. The highest BCUT2D eigenvalue weighted by molar-refractivity contribution is 5.85. The molecule has 0 amide bonds. The Morgan fingerprint density at radius 2 is 1.50 bits per heavy atom. The smallest absolute Gasteiger partial charge is 0.0558 e. The molecule has 0 heterocycles. The van der Waals surface area contributed by atoms with Crippen molar-refractivity contribution >= 4 is 10.8 Å². The van der Waals surface area contributed by atoms with Gasteiger partial charge in [-0.05, 0) is 16.3 Å². The zero-order valence-corrected chi connectivity index (χ0v) is 10.4. The van der Waals surface area contributed by atoms with Crippen molar-refractivity contribution in [3.63, 3.8) is 0 Å². The lowest BCUT2D eigenvalue weighted by molar-refractivity contribution is 0.156. The maximum atomic E-state index is 9.03. The van der Waals surface area contributed by atoms with Crippen molar-refractivity contribution < 1.29 is 10.2 Å². The molecular formula is C15H19NO2. The van der Waals surface area contributed by atoms with E-state index in [4.69, 9.17) is 10.2 Å². The SMILES string of the molecule is OCCN(CCO)Cc1cccc2ccccc12. The standard InChI is InChI=1S/C15H19NO2/c17-10-8-16(9-11-18)12-14-6-3-5-13-4-1-2-7-15(13)14/h1-7,17-18H,8-12H2. The van der Waals surface area contributed by atoms with Gasteiger partial charge in [-0.1, -0.05) is 42.5 Å². The Bertz CT molecular complexity index is 487. The van der Waals surface area contributed by atoms with Crippen LogP contribution in [0.4, 0.5) is 0 Å². The molecule has 0 bridgehead atoms. The molecule has 0 unspecified atom stereocenters. The Balaban J connectivity index is 2.24. The number of hydrogen-bond acceptors (Lipinski definition) is 3. The fourth-order valence-electron chi connectivity index (χ4n) is 2.22. The first-order valence-electron chi connectivity index (χ1n) is 6.26. The Morgan fingerprint density at radius 1 is 0.833 bits per heavy atom. The van der Waals surface area contributed by atoms with Crippen LogP contribution in [-0.4, -0.2) is 41.4 Å². The van der Waals surface area contributed by atoms with Crippen molar-refractivity contribution in [3.05, 3.63) is 48.0 Å². The number of aliphatic hydroxyl groups excluding tert-OH is 2. The highest BCUT2D eigenvalue weighted by atomic mass is 16.3. The van der Waals surface area contributed by atoms with E-state index in [2.05, 4.69) is 29.2 Å². The topological polar surface area (TPSA) is 43.7 Å². The van der Waals surface area contributed by atoms with Crippen LogP contribution in [0.1, 0.15) is 5.56 Å². The van der Waals surface area contributed by atoms with Crippen molar-refractivity contribution in [2.45, 2.75) is 6.54 Å². The molecule has 0 aromatic heterocycles. The summed E-state index contributed by atoms with van der Waals surface area (Å²) in [4.78, 5) is 2.06. The van der Waals surface area contributed by atoms with E-state index in [1.165, 1.54) is 16.3 Å². The minimum atomic E-state index is 0.116. The zero-order chi connectivity index (χ0) is 12.8. The van der Waals surface area contributed by atoms with Gasteiger partial charge in [0.25, 0.3) is 0 Å². The number of hydrogen-bond donors (Lipinski definition) is 2. The Kier molecular flexibility index (Phi) is 4.70. The van der Waals surface area contributed by atoms with Gasteiger partial charge in [0.2, 0.25) is 0 Å². The summed E-state index contributed by atoms with van der Waals surface area (Å²) in [6.45, 7) is 2.16. The molecule has 18 heavy (non-hydrogen) atoms. The molecule has 0 radical (unpaired) electrons. The van der Waals surface area contributed by atoms with Gasteiger partial charge in [-0.15, -0.1) is 0 Å². The van der Waals surface area contributed by atoms with Gasteiger partial charge in [0.1, 0.15) is 0 Å². The first-order valence-corrected chi connectivity index (χ1v) is 6.26. The minimum Gasteiger partial charge on any atom is -0.395 e. The van der Waals surface area contributed by atoms with Crippen LogP contribution < -0.4 is 0 Å². The van der Waals surface area contributed by atoms with E-state index in [-0.39, 0.29) is 13.2 Å². The van der Waals surface area contributed by atoms with Gasteiger partial charge in [-0.25, -0.2) is 0 Å². The predicted molar refractivity (Wildman–Crippen MR) is 73.4 cm³/mol. The number of fused-ring (bicyclic) bond motifs is 1. The van der Waals surface area contributed by atoms with E-state index in [0.29, 0.717) is 13.1 Å². The van der Waals surface area contributed by atoms with Crippen LogP contribution in [0.15, 0.2) is 42.5 Å². The van der Waals surface area contributed by atoms with Gasteiger partial charge >= 0.3 is 0 Å². The maximum Gasteiger partial charge on any atom is 0.0558 e. The van der Waals surface area contributed by atoms with E-state index >= 15 is 0 Å². The van der Waals surface area contributed by atoms with E-state index in [0.717, 1.165) is 6.54 Å². The molecule has 0 fully saturated rings. The Labute approximate surface area is 107 Å². The fraction of sp³-hybridized carbons (Fsp3) is 0.333. The molecule has 0 aliphatic rings. The molecule has 3 nitrogen and oxygen atoms in total. The van der Waals surface area contributed by atoms with Gasteiger partial charge in [-0.3, -0.25) is 4.90 Å². The van der Waals surface area contributed by atoms with Crippen molar-refractivity contribution in [3.8, 4) is 0 Å². The second-order valence-corrected chi connectivity index (χ2v) is 4.36. The molecule has 96 valence electrons. The molecule has 0 aliphatic heterocycles. The summed E-state index contributed by atoms with van der Waals surface area (Å²) in [7, 11) is 0. The summed E-state index contributed by atoms with van der Waals surface area (Å²) < 4.78 is 0. The molecule has 2 rings (SSSR count). The number of nitrogens with zero attached hydrogens (tertiary/aromatic N) is 1. The molecule has 2 N–H and O–H groups in total. The zero-order valence-electron chi connectivity index (χ0n) is 10.4. The quantitative estimate of drug-likeness (QED) is 0.813. The van der Waals surface area contributed by atoms with Gasteiger partial charge in [0.15, 0.2) is 0 Å². The number of rotatable bonds is 6. The maximum absolute atomic E-state index is 9.03. The third-order valence-corrected chi connectivity index (χ3v) is 3.11. The van der Waals surface area contributed by atoms with Crippen molar-refractivity contribution in [1.82, 2.24) is 4.90 Å². The minimum absolute atomic E-state index is 0.116. The van der Waals surface area contributed by atoms with Gasteiger partial charge < -0.3 is 10.2 Å². The lowest BCUT2D eigenvalue weighted by Gasteiger charge is -2.21. The largest absolute Gasteiger partial charge is 0.395 e. The fourth-order valence-corrected chi connectivity index (χ4v) is 2.22. The van der Waals surface area contributed by atoms with Crippen molar-refractivity contribution in [2.75, 3.05) is 26.3 Å². The van der Waals surface area contributed by atoms with Crippen LogP contribution in [0, 0.1) is 0 Å². The normalized spacial score (nSPS) is 11.3. The summed E-state index contributed by atoms with van der Waals surface area (Å²) in [5, 5.41) is 20.5. The predicted octanol–water partition coefficient (Wildman–Crippen LogP) is 1.63. The molecule has 2 aromatic rings. The number of aliphatic hydroxyl groups is 2. The summed E-state index contributed by atoms with van der Waals surface area (Å²) in [6, 6.07) is 14.5. The highest BCUT2D eigenvalue weighted by Gasteiger charge is 2.07. The molecular weight excluding hydrogens is 226 g/mol. The van der Waals surface area contributed by atoms with Crippen LogP contribution >= 0.6 is 0 Å². The molecule has 0 saturated heterocycles. The molecule has 0 saturated carbocycles. The second kappa shape index (κ2) is 6.50. The highest BCUT2D eigenvalue weighted by Crippen LogP contribution is 2.19. The molecule has 2 aromatic carbocycles. The second-order valence-electron chi connectivity index (χ2n) is 4.36. The average Bonchev–Trinajstić information content (AvgIpc) is 2.40. The first-order chi connectivity index (χ1) is 8.85. The summed E-state index contributed by atoms with van der Waals surface area (Å²) in [5.41, 5.74) is 1.23. The summed E-state index contributed by atoms with van der Waals surface area (Å²) in [6.07, 6.45) is 0. The lowest BCUT2D eigenvalue weighted by atomic mass is 10.0. The molecule has 0 aliphatic carbocycles. The number of benzene rings is 2. The van der Waals surface area contributed by atoms with Gasteiger partial charge in [0, 0.05) is 19.6 Å². The monoisotopic (exact) mass is 245 g/mol. The van der Waals surface area contributed by atoms with E-state index in [9.17, 15) is 0 Å². The van der Waals surface area contributed by atoms with Gasteiger partial charge in [0.05, 0.1) is 13.2 Å². The van der Waals surface area contributed by atoms with Crippen molar-refractivity contribution in [1.29, 1.82) is 0 Å². The van der Waals surface area contributed by atoms with Crippen LogP contribution in [-0.2, 0) is 6.54 Å². The summed E-state index contributed by atoms with van der Waals surface area (Å²) in [5.74, 6) is 0. The molecule has 0 atom stereocenters. The van der Waals surface area contributed by atoms with E-state index in [1.54, 1.807) is 0 Å². The average molecular weight is 245 g/mol. The first kappa shape index (κ1) is 13.0.